The van der Waals surface area contributed by atoms with E-state index in [0.717, 1.165) is 21.2 Å². The highest BCUT2D eigenvalue weighted by atomic mass is 79.9. The Kier molecular flexibility index (Phi) is 7.96. The first-order chi connectivity index (χ1) is 16.7. The van der Waals surface area contributed by atoms with Crippen LogP contribution in [0.3, 0.4) is 0 Å². The Morgan fingerprint density at radius 3 is 2.57 bits per heavy atom. The first-order valence-corrected chi connectivity index (χ1v) is 12.9. The van der Waals surface area contributed by atoms with Crippen molar-refractivity contribution < 1.29 is 14.3 Å². The largest absolute Gasteiger partial charge is 0.484 e. The van der Waals surface area contributed by atoms with Crippen LogP contribution in [-0.2, 0) is 9.59 Å². The van der Waals surface area contributed by atoms with Gasteiger partial charge in [-0.15, -0.1) is 0 Å². The summed E-state index contributed by atoms with van der Waals surface area (Å²) in [5, 5.41) is 3.39. The van der Waals surface area contributed by atoms with Crippen LogP contribution in [0.4, 0.5) is 11.4 Å². The van der Waals surface area contributed by atoms with Gasteiger partial charge in [0, 0.05) is 9.50 Å². The molecule has 5 nitrogen and oxygen atoms in total. The van der Waals surface area contributed by atoms with Gasteiger partial charge in [-0.05, 0) is 95.0 Å². The number of rotatable bonds is 6. The number of benzene rings is 3. The standard InChI is InChI=1S/C26H20BrClN2O3S2/c1-15-10-21(27)22(11-16(15)2)29-24(31)14-33-20-8-6-17(7-9-20)12-23-25(32)30(26(34)35-23)19-5-3-4-18(28)13-19/h3-13H,14H2,1-2H3,(H,29,31)/b23-12-. The van der Waals surface area contributed by atoms with E-state index in [9.17, 15) is 9.59 Å². The Hall–Kier alpha value is -2.65. The van der Waals surface area contributed by atoms with Crippen molar-refractivity contribution in [2.75, 3.05) is 16.8 Å². The molecule has 3 aromatic rings. The summed E-state index contributed by atoms with van der Waals surface area (Å²) in [6, 6.07) is 18.0. The molecule has 0 radical (unpaired) electrons. The van der Waals surface area contributed by atoms with Gasteiger partial charge in [0.1, 0.15) is 5.75 Å². The second-order valence-corrected chi connectivity index (χ2v) is 10.8. The third-order valence-corrected chi connectivity index (χ3v) is 7.46. The summed E-state index contributed by atoms with van der Waals surface area (Å²) < 4.78 is 6.89. The van der Waals surface area contributed by atoms with Crippen molar-refractivity contribution in [1.82, 2.24) is 0 Å². The number of amides is 2. The molecule has 0 unspecified atom stereocenters. The van der Waals surface area contributed by atoms with E-state index in [1.807, 2.05) is 38.1 Å². The smallest absolute Gasteiger partial charge is 0.270 e. The number of carbonyl (C=O) groups is 2. The molecule has 35 heavy (non-hydrogen) atoms. The van der Waals surface area contributed by atoms with E-state index in [2.05, 4.69) is 21.2 Å². The molecule has 1 fully saturated rings. The van der Waals surface area contributed by atoms with Crippen molar-refractivity contribution in [2.45, 2.75) is 13.8 Å². The number of nitrogens with zero attached hydrogens (tertiary/aromatic N) is 1. The molecule has 1 heterocycles. The van der Waals surface area contributed by atoms with Crippen LogP contribution in [0.1, 0.15) is 16.7 Å². The molecule has 0 bridgehead atoms. The van der Waals surface area contributed by atoms with Crippen LogP contribution in [0.2, 0.25) is 5.02 Å². The van der Waals surface area contributed by atoms with Crippen molar-refractivity contribution in [3.63, 3.8) is 0 Å². The van der Waals surface area contributed by atoms with Gasteiger partial charge in [-0.2, -0.15) is 0 Å². The third-order valence-electron chi connectivity index (χ3n) is 5.27. The van der Waals surface area contributed by atoms with E-state index in [1.54, 1.807) is 42.5 Å². The summed E-state index contributed by atoms with van der Waals surface area (Å²) in [4.78, 5) is 27.2. The molecule has 0 spiro atoms. The van der Waals surface area contributed by atoms with Crippen LogP contribution in [0.25, 0.3) is 6.08 Å². The van der Waals surface area contributed by atoms with E-state index in [-0.39, 0.29) is 18.4 Å². The fraction of sp³-hybridized carbons (Fsp3) is 0.115. The average Bonchev–Trinajstić information content (AvgIpc) is 3.09. The predicted molar refractivity (Wildman–Crippen MR) is 151 cm³/mol. The zero-order chi connectivity index (χ0) is 25.1. The molecule has 1 aliphatic rings. The van der Waals surface area contributed by atoms with Gasteiger partial charge in [0.25, 0.3) is 11.8 Å². The summed E-state index contributed by atoms with van der Waals surface area (Å²) in [6.45, 7) is 3.88. The highest BCUT2D eigenvalue weighted by Crippen LogP contribution is 2.36. The van der Waals surface area contributed by atoms with Crippen molar-refractivity contribution >= 4 is 85.1 Å². The molecule has 0 aliphatic carbocycles. The Morgan fingerprint density at radius 1 is 1.14 bits per heavy atom. The zero-order valence-corrected chi connectivity index (χ0v) is 22.8. The summed E-state index contributed by atoms with van der Waals surface area (Å²) in [6.07, 6.45) is 1.78. The molecule has 4 rings (SSSR count). The lowest BCUT2D eigenvalue weighted by atomic mass is 10.1. The zero-order valence-electron chi connectivity index (χ0n) is 18.8. The number of ether oxygens (including phenoxy) is 1. The molecule has 9 heteroatoms. The van der Waals surface area contributed by atoms with Crippen LogP contribution in [-0.4, -0.2) is 22.7 Å². The summed E-state index contributed by atoms with van der Waals surface area (Å²) in [5.74, 6) is 0.0856. The molecule has 1 N–H and O–H groups in total. The number of carbonyl (C=O) groups excluding carboxylic acids is 2. The molecule has 1 aliphatic heterocycles. The minimum atomic E-state index is -0.261. The number of thioether (sulfide) groups is 1. The summed E-state index contributed by atoms with van der Waals surface area (Å²) in [5.41, 5.74) is 4.38. The van der Waals surface area contributed by atoms with E-state index in [4.69, 9.17) is 28.6 Å². The second-order valence-electron chi connectivity index (χ2n) is 7.82. The molecule has 2 amide bonds. The van der Waals surface area contributed by atoms with Gasteiger partial charge >= 0.3 is 0 Å². The molecule has 0 saturated carbocycles. The van der Waals surface area contributed by atoms with Gasteiger partial charge in [0.2, 0.25) is 0 Å². The highest BCUT2D eigenvalue weighted by Gasteiger charge is 2.33. The van der Waals surface area contributed by atoms with E-state index in [0.29, 0.717) is 31.4 Å². The molecular formula is C26H20BrClN2O3S2. The number of hydrogen-bond donors (Lipinski definition) is 1. The molecule has 178 valence electrons. The molecule has 0 atom stereocenters. The fourth-order valence-electron chi connectivity index (χ4n) is 3.33. The SMILES string of the molecule is Cc1cc(Br)c(NC(=O)COc2ccc(/C=C3\SC(=S)N(c4cccc(Cl)c4)C3=O)cc2)cc1C. The van der Waals surface area contributed by atoms with Crippen LogP contribution < -0.4 is 15.0 Å². The van der Waals surface area contributed by atoms with Gasteiger partial charge in [-0.3, -0.25) is 14.5 Å². The van der Waals surface area contributed by atoms with Crippen LogP contribution in [0.5, 0.6) is 5.75 Å². The predicted octanol–water partition coefficient (Wildman–Crippen LogP) is 7.14. The van der Waals surface area contributed by atoms with Crippen LogP contribution >= 0.6 is 51.5 Å². The third kappa shape index (κ3) is 6.13. The van der Waals surface area contributed by atoms with Gasteiger partial charge in [-0.25, -0.2) is 0 Å². The van der Waals surface area contributed by atoms with Crippen LogP contribution in [0.15, 0.2) is 70.0 Å². The Bertz CT molecular complexity index is 1360. The second kappa shape index (κ2) is 11.0. The van der Waals surface area contributed by atoms with E-state index < -0.39 is 0 Å². The Balaban J connectivity index is 1.37. The lowest BCUT2D eigenvalue weighted by Gasteiger charge is -2.14. The number of aryl methyl sites for hydroxylation is 2. The van der Waals surface area contributed by atoms with Crippen molar-refractivity contribution in [3.05, 3.63) is 91.8 Å². The minimum Gasteiger partial charge on any atom is -0.484 e. The minimum absolute atomic E-state index is 0.128. The van der Waals surface area contributed by atoms with Gasteiger partial charge in [0.05, 0.1) is 16.3 Å². The lowest BCUT2D eigenvalue weighted by molar-refractivity contribution is -0.118. The van der Waals surface area contributed by atoms with E-state index in [1.165, 1.54) is 16.7 Å². The van der Waals surface area contributed by atoms with Crippen LogP contribution in [0, 0.1) is 13.8 Å². The number of anilines is 2. The Labute approximate surface area is 226 Å². The van der Waals surface area contributed by atoms with Gasteiger partial charge in [0.15, 0.2) is 10.9 Å². The summed E-state index contributed by atoms with van der Waals surface area (Å²) >= 11 is 16.2. The normalized spacial score (nSPS) is 14.5. The Morgan fingerprint density at radius 2 is 1.86 bits per heavy atom. The summed E-state index contributed by atoms with van der Waals surface area (Å²) in [7, 11) is 0. The molecular weight excluding hydrogens is 568 g/mol. The van der Waals surface area contributed by atoms with Crippen molar-refractivity contribution in [2.24, 2.45) is 0 Å². The number of thiocarbonyl (C=S) groups is 1. The number of nitrogens with one attached hydrogen (secondary N) is 1. The van der Waals surface area contributed by atoms with Crippen molar-refractivity contribution in [1.29, 1.82) is 0 Å². The highest BCUT2D eigenvalue weighted by molar-refractivity contribution is 9.10. The molecule has 0 aromatic heterocycles. The van der Waals surface area contributed by atoms with E-state index >= 15 is 0 Å². The van der Waals surface area contributed by atoms with Crippen molar-refractivity contribution in [3.8, 4) is 5.75 Å². The maximum atomic E-state index is 12.9. The van der Waals surface area contributed by atoms with Gasteiger partial charge in [-0.1, -0.05) is 53.8 Å². The fourth-order valence-corrected chi connectivity index (χ4v) is 5.37. The molecule has 1 saturated heterocycles. The monoisotopic (exact) mass is 586 g/mol. The number of halogens is 2. The maximum absolute atomic E-state index is 12.9. The van der Waals surface area contributed by atoms with Gasteiger partial charge < -0.3 is 10.1 Å². The lowest BCUT2D eigenvalue weighted by Crippen LogP contribution is -2.27. The first kappa shape index (κ1) is 25.4. The first-order valence-electron chi connectivity index (χ1n) is 10.5. The number of hydrogen-bond acceptors (Lipinski definition) is 5. The maximum Gasteiger partial charge on any atom is 0.270 e. The topological polar surface area (TPSA) is 58.6 Å². The molecule has 3 aromatic carbocycles. The average molecular weight is 588 g/mol. The quantitative estimate of drug-likeness (QED) is 0.245.